The van der Waals surface area contributed by atoms with E-state index in [4.69, 9.17) is 0 Å². The molecular weight excluding hydrogens is 632 g/mol. The van der Waals surface area contributed by atoms with E-state index in [0.29, 0.717) is 0 Å². The van der Waals surface area contributed by atoms with Gasteiger partial charge in [0.05, 0.1) is 0 Å². The molecule has 0 saturated heterocycles. The van der Waals surface area contributed by atoms with E-state index in [1.54, 1.807) is 0 Å². The van der Waals surface area contributed by atoms with Crippen LogP contribution in [-0.2, 0) is 37.1 Å². The largest absolute Gasteiger partial charge is 0.150 e. The van der Waals surface area contributed by atoms with Gasteiger partial charge in [0, 0.05) is 0 Å². The van der Waals surface area contributed by atoms with Gasteiger partial charge >= 0.3 is 99.2 Å². The normalized spacial score (nSPS) is 10.7. The van der Waals surface area contributed by atoms with Gasteiger partial charge in [-0.1, -0.05) is 91.2 Å². The predicted octanol–water partition coefficient (Wildman–Crippen LogP) is 11.9. The Morgan fingerprint density at radius 1 is 0.500 bits per heavy atom. The molecule has 46 heavy (non-hydrogen) atoms. The van der Waals surface area contributed by atoms with Crippen molar-refractivity contribution in [3.63, 3.8) is 0 Å². The molecule has 0 fully saturated rings. The Bertz CT molecular complexity index is 2060. The minimum atomic E-state index is 1.11. The van der Waals surface area contributed by atoms with Crippen molar-refractivity contribution in [2.45, 2.75) is 26.7 Å². The first-order valence-electron chi connectivity index (χ1n) is 16.1. The van der Waals surface area contributed by atoms with Crippen LogP contribution in [0, 0.1) is 0 Å². The molecule has 8 aromatic carbocycles. The molecule has 222 valence electrons. The molecule has 0 bridgehead atoms. The number of hydrogen-bond donors (Lipinski definition) is 0. The van der Waals surface area contributed by atoms with Crippen molar-refractivity contribution in [2.75, 3.05) is 0 Å². The van der Waals surface area contributed by atoms with Crippen LogP contribution in [0.2, 0.25) is 0 Å². The van der Waals surface area contributed by atoms with Crippen molar-refractivity contribution in [1.82, 2.24) is 0 Å². The molecule has 8 rings (SSSR count). The monoisotopic (exact) mass is 668 g/mol. The molecule has 0 aromatic heterocycles. The molecule has 0 N–H and O–H groups in total. The predicted molar refractivity (Wildman–Crippen MR) is 197 cm³/mol. The van der Waals surface area contributed by atoms with E-state index < -0.39 is 0 Å². The fraction of sp³-hybridized carbons (Fsp3) is 0.0889. The summed E-state index contributed by atoms with van der Waals surface area (Å²) in [6.45, 7) is 4.41. The summed E-state index contributed by atoms with van der Waals surface area (Å²) in [4.78, 5) is 0. The molecule has 0 heterocycles. The molecule has 0 amide bonds. The molecule has 0 atom stereocenters. The van der Waals surface area contributed by atoms with Gasteiger partial charge in [-0.15, -0.1) is 86.4 Å². The van der Waals surface area contributed by atoms with Crippen molar-refractivity contribution >= 4 is 35.5 Å². The number of fused-ring (bicyclic) bond motifs is 4. The van der Waals surface area contributed by atoms with E-state index in [2.05, 4.69) is 184 Å². The van der Waals surface area contributed by atoms with Gasteiger partial charge in [-0.2, -0.15) is 0 Å². The zero-order chi connectivity index (χ0) is 31.7. The topological polar surface area (TPSA) is 0 Å². The van der Waals surface area contributed by atoms with E-state index in [0.717, 1.165) is 12.8 Å². The molecule has 0 aliphatic heterocycles. The van der Waals surface area contributed by atoms with Crippen LogP contribution in [0.3, 0.4) is 0 Å². The van der Waals surface area contributed by atoms with Gasteiger partial charge in [-0.05, 0) is 12.8 Å². The molecule has 0 spiro atoms. The molecule has 8 aromatic rings. The third-order valence-electron chi connectivity index (χ3n) is 8.54. The smallest absolute Gasteiger partial charge is 0.0623 e. The summed E-state index contributed by atoms with van der Waals surface area (Å²) in [5, 5.41) is 8.19. The van der Waals surface area contributed by atoms with Crippen LogP contribution >= 0.6 is 0 Å². The molecular formula is C45H38Zr. The summed E-state index contributed by atoms with van der Waals surface area (Å²) in [5.41, 5.74) is 8.12. The zero-order valence-corrected chi connectivity index (χ0v) is 29.0. The number of benzene rings is 6. The Balaban J connectivity index is 0.000000122. The first-order valence-corrected chi connectivity index (χ1v) is 17.4. The van der Waals surface area contributed by atoms with Gasteiger partial charge in [0.2, 0.25) is 0 Å². The van der Waals surface area contributed by atoms with Gasteiger partial charge in [-0.3, -0.25) is 0 Å². The van der Waals surface area contributed by atoms with E-state index in [9.17, 15) is 0 Å². The third kappa shape index (κ3) is 7.33. The van der Waals surface area contributed by atoms with Crippen LogP contribution in [0.4, 0.5) is 0 Å². The molecule has 0 radical (unpaired) electrons. The quantitative estimate of drug-likeness (QED) is 0.160. The Kier molecular flexibility index (Phi) is 10.4. The van der Waals surface area contributed by atoms with Crippen molar-refractivity contribution in [3.8, 4) is 11.1 Å². The maximum atomic E-state index is 2.32. The van der Waals surface area contributed by atoms with Gasteiger partial charge in [0.25, 0.3) is 0 Å². The van der Waals surface area contributed by atoms with Crippen LogP contribution < -0.4 is 0 Å². The van der Waals surface area contributed by atoms with Crippen LogP contribution in [0.5, 0.6) is 0 Å². The van der Waals surface area contributed by atoms with E-state index in [-0.39, 0.29) is 0 Å². The number of aryl methyl sites for hydroxylation is 2. The standard InChI is InChI=1S/C17H17.C15H11.C13H10.Zr/c1-3-12-5-7-16-14(9-12)11-15-10-13(4-2)6-8-17(15)16;1-2-6-12(7-3-1)15-11-10-13-8-4-5-9-14(13)15;1-3-7-12(8-4-1)11-13-9-5-2-6-10-13;/h5-11H,3-4H2,1-2H3;1-11H;1-10H;/q2*-1;;+2. The summed E-state index contributed by atoms with van der Waals surface area (Å²) < 4.78 is 1.42. The second kappa shape index (κ2) is 15.2. The summed E-state index contributed by atoms with van der Waals surface area (Å²) in [6, 6.07) is 60.5. The molecule has 1 heteroatoms. The molecule has 0 aliphatic rings. The van der Waals surface area contributed by atoms with Crippen LogP contribution in [0.25, 0.3) is 43.4 Å². The summed E-state index contributed by atoms with van der Waals surface area (Å²) in [6.07, 6.45) is 2.22. The van der Waals surface area contributed by atoms with Gasteiger partial charge in [-0.25, -0.2) is 0 Å². The minimum Gasteiger partial charge on any atom is -0.150 e. The maximum Gasteiger partial charge on any atom is -0.0623 e. The SMILES string of the molecule is CCc1ccc2c(c1)[cH-]c1cc(CC)ccc12.[Zr+2]=[C](c1ccccc1)c1ccccc1.c1ccc(-c2c[cH-]c3ccccc23)cc1. The number of rotatable bonds is 5. The van der Waals surface area contributed by atoms with Crippen molar-refractivity contribution in [1.29, 1.82) is 0 Å². The Hall–Kier alpha value is -4.45. The Labute approximate surface area is 288 Å². The van der Waals surface area contributed by atoms with E-state index >= 15 is 0 Å². The number of hydrogen-bond acceptors (Lipinski definition) is 0. The second-order valence-electron chi connectivity index (χ2n) is 11.5. The van der Waals surface area contributed by atoms with Gasteiger partial charge < -0.3 is 0 Å². The third-order valence-corrected chi connectivity index (χ3v) is 9.96. The Morgan fingerprint density at radius 2 is 0.978 bits per heavy atom. The molecule has 0 aliphatic carbocycles. The van der Waals surface area contributed by atoms with E-state index in [1.165, 1.54) is 93.1 Å². The average molecular weight is 670 g/mol. The van der Waals surface area contributed by atoms with Crippen LogP contribution in [0.15, 0.2) is 170 Å². The average Bonchev–Trinajstić information content (AvgIpc) is 3.74. The van der Waals surface area contributed by atoms with Gasteiger partial charge in [0.1, 0.15) is 0 Å². The maximum absolute atomic E-state index is 2.32. The second-order valence-corrected chi connectivity index (χ2v) is 12.7. The fourth-order valence-corrected chi connectivity index (χ4v) is 6.78. The Morgan fingerprint density at radius 3 is 1.50 bits per heavy atom. The fourth-order valence-electron chi connectivity index (χ4n) is 5.96. The van der Waals surface area contributed by atoms with Crippen molar-refractivity contribution in [3.05, 3.63) is 192 Å². The van der Waals surface area contributed by atoms with Crippen molar-refractivity contribution in [2.24, 2.45) is 0 Å². The van der Waals surface area contributed by atoms with Gasteiger partial charge in [0.15, 0.2) is 0 Å². The zero-order valence-electron chi connectivity index (χ0n) is 26.6. The molecule has 0 nitrogen and oxygen atoms in total. The minimum absolute atomic E-state index is 1.11. The van der Waals surface area contributed by atoms with E-state index in [1.807, 2.05) is 0 Å². The first-order chi connectivity index (χ1) is 22.6. The summed E-state index contributed by atoms with van der Waals surface area (Å²) in [5.74, 6) is 0. The molecule has 0 unspecified atom stereocenters. The first kappa shape index (κ1) is 31.5. The van der Waals surface area contributed by atoms with Crippen LogP contribution in [0.1, 0.15) is 36.1 Å². The van der Waals surface area contributed by atoms with Crippen LogP contribution in [-0.4, -0.2) is 3.21 Å². The summed E-state index contributed by atoms with van der Waals surface area (Å²) >= 11 is 1.46. The molecule has 0 saturated carbocycles. The summed E-state index contributed by atoms with van der Waals surface area (Å²) in [7, 11) is 0. The van der Waals surface area contributed by atoms with Crippen molar-refractivity contribution < 1.29 is 24.2 Å².